The fraction of sp³-hybridized carbons (Fsp3) is 0.409. The highest BCUT2D eigenvalue weighted by Crippen LogP contribution is 2.18. The number of hydrogen-bond acceptors (Lipinski definition) is 4. The van der Waals surface area contributed by atoms with Crippen LogP contribution in [0.4, 0.5) is 0 Å². The standard InChI is InChI=1S/C22H30N2O3/c1-4-24(5-2)14-15-27-21-9-7-6-8-19(21)17-23-22(25)16-18-10-12-20(26-3)13-11-18/h6-13H,4-5,14-17H2,1-3H3,(H,23,25). The summed E-state index contributed by atoms with van der Waals surface area (Å²) < 4.78 is 11.1. The number of methoxy groups -OCH3 is 1. The van der Waals surface area contributed by atoms with E-state index in [1.165, 1.54) is 0 Å². The molecule has 146 valence electrons. The summed E-state index contributed by atoms with van der Waals surface area (Å²) in [5.41, 5.74) is 1.94. The molecule has 0 radical (unpaired) electrons. The van der Waals surface area contributed by atoms with Gasteiger partial charge in [-0.15, -0.1) is 0 Å². The zero-order valence-electron chi connectivity index (χ0n) is 16.5. The van der Waals surface area contributed by atoms with Crippen molar-refractivity contribution in [2.24, 2.45) is 0 Å². The van der Waals surface area contributed by atoms with E-state index in [0.717, 1.165) is 42.3 Å². The Morgan fingerprint density at radius 2 is 1.74 bits per heavy atom. The Morgan fingerprint density at radius 3 is 2.41 bits per heavy atom. The highest BCUT2D eigenvalue weighted by molar-refractivity contribution is 5.78. The molecule has 2 aromatic rings. The maximum Gasteiger partial charge on any atom is 0.224 e. The van der Waals surface area contributed by atoms with Crippen LogP contribution in [0.15, 0.2) is 48.5 Å². The topological polar surface area (TPSA) is 50.8 Å². The quantitative estimate of drug-likeness (QED) is 0.660. The van der Waals surface area contributed by atoms with Gasteiger partial charge in [-0.3, -0.25) is 4.79 Å². The third-order valence-corrected chi connectivity index (χ3v) is 4.53. The van der Waals surface area contributed by atoms with Gasteiger partial charge in [0.25, 0.3) is 0 Å². The molecular formula is C22H30N2O3. The lowest BCUT2D eigenvalue weighted by atomic mass is 10.1. The first kappa shape index (κ1) is 20.8. The predicted molar refractivity (Wildman–Crippen MR) is 108 cm³/mol. The number of benzene rings is 2. The second-order valence-corrected chi connectivity index (χ2v) is 6.28. The van der Waals surface area contributed by atoms with Gasteiger partial charge in [0.1, 0.15) is 18.1 Å². The zero-order valence-corrected chi connectivity index (χ0v) is 16.5. The van der Waals surface area contributed by atoms with Crippen molar-refractivity contribution in [2.45, 2.75) is 26.8 Å². The lowest BCUT2D eigenvalue weighted by Gasteiger charge is -2.19. The van der Waals surface area contributed by atoms with Crippen molar-refractivity contribution in [1.82, 2.24) is 10.2 Å². The molecule has 0 heterocycles. The third kappa shape index (κ3) is 6.94. The van der Waals surface area contributed by atoms with Crippen LogP contribution in [0, 0.1) is 0 Å². The summed E-state index contributed by atoms with van der Waals surface area (Å²) >= 11 is 0. The van der Waals surface area contributed by atoms with Crippen molar-refractivity contribution in [3.05, 3.63) is 59.7 Å². The Kier molecular flexibility index (Phi) is 8.65. The molecular weight excluding hydrogens is 340 g/mol. The molecule has 0 aliphatic heterocycles. The average molecular weight is 370 g/mol. The Morgan fingerprint density at radius 1 is 1.04 bits per heavy atom. The summed E-state index contributed by atoms with van der Waals surface area (Å²) in [6.45, 7) is 8.32. The molecule has 0 bridgehead atoms. The summed E-state index contributed by atoms with van der Waals surface area (Å²) in [5, 5.41) is 2.98. The van der Waals surface area contributed by atoms with E-state index < -0.39 is 0 Å². The Hall–Kier alpha value is -2.53. The van der Waals surface area contributed by atoms with Crippen LogP contribution in [-0.2, 0) is 17.8 Å². The predicted octanol–water partition coefficient (Wildman–Crippen LogP) is 3.27. The summed E-state index contributed by atoms with van der Waals surface area (Å²) in [6.07, 6.45) is 0.342. The van der Waals surface area contributed by atoms with E-state index in [2.05, 4.69) is 24.1 Å². The first-order valence-electron chi connectivity index (χ1n) is 9.49. The van der Waals surface area contributed by atoms with E-state index in [0.29, 0.717) is 19.6 Å². The lowest BCUT2D eigenvalue weighted by Crippen LogP contribution is -2.28. The maximum atomic E-state index is 12.2. The molecule has 0 saturated carbocycles. The molecule has 2 rings (SSSR count). The minimum atomic E-state index is -0.0156. The van der Waals surface area contributed by atoms with Crippen molar-refractivity contribution in [3.8, 4) is 11.5 Å². The van der Waals surface area contributed by atoms with Gasteiger partial charge < -0.3 is 19.7 Å². The largest absolute Gasteiger partial charge is 0.497 e. The molecule has 0 unspecified atom stereocenters. The molecule has 1 amide bonds. The SMILES string of the molecule is CCN(CC)CCOc1ccccc1CNC(=O)Cc1ccc(OC)cc1. The fourth-order valence-corrected chi connectivity index (χ4v) is 2.80. The third-order valence-electron chi connectivity index (χ3n) is 4.53. The van der Waals surface area contributed by atoms with Gasteiger partial charge in [-0.25, -0.2) is 0 Å². The van der Waals surface area contributed by atoms with Gasteiger partial charge in [-0.1, -0.05) is 44.2 Å². The van der Waals surface area contributed by atoms with Gasteiger partial charge in [-0.2, -0.15) is 0 Å². The molecule has 0 aliphatic carbocycles. The van der Waals surface area contributed by atoms with Crippen LogP contribution in [-0.4, -0.2) is 44.2 Å². The van der Waals surface area contributed by atoms with Gasteiger partial charge in [0.2, 0.25) is 5.91 Å². The van der Waals surface area contributed by atoms with Gasteiger partial charge in [-0.05, 0) is 36.9 Å². The van der Waals surface area contributed by atoms with E-state index in [-0.39, 0.29) is 5.91 Å². The number of carbonyl (C=O) groups excluding carboxylic acids is 1. The minimum absolute atomic E-state index is 0.0156. The normalized spacial score (nSPS) is 10.7. The summed E-state index contributed by atoms with van der Waals surface area (Å²) in [4.78, 5) is 14.6. The summed E-state index contributed by atoms with van der Waals surface area (Å²) in [5.74, 6) is 1.60. The Balaban J connectivity index is 1.84. The van der Waals surface area contributed by atoms with Crippen LogP contribution in [0.2, 0.25) is 0 Å². The first-order chi connectivity index (χ1) is 13.2. The summed E-state index contributed by atoms with van der Waals surface area (Å²) in [7, 11) is 1.63. The number of ether oxygens (including phenoxy) is 2. The molecule has 0 atom stereocenters. The van der Waals surface area contributed by atoms with Gasteiger partial charge in [0.15, 0.2) is 0 Å². The average Bonchev–Trinajstić information content (AvgIpc) is 2.71. The number of nitrogens with one attached hydrogen (secondary N) is 1. The van der Waals surface area contributed by atoms with Crippen LogP contribution in [0.1, 0.15) is 25.0 Å². The number of hydrogen-bond donors (Lipinski definition) is 1. The van der Waals surface area contributed by atoms with Crippen molar-refractivity contribution in [2.75, 3.05) is 33.4 Å². The summed E-state index contributed by atoms with van der Waals surface area (Å²) in [6, 6.07) is 15.4. The van der Waals surface area contributed by atoms with Gasteiger partial charge in [0, 0.05) is 18.7 Å². The molecule has 0 aliphatic rings. The molecule has 2 aromatic carbocycles. The Labute approximate surface area is 162 Å². The van der Waals surface area contributed by atoms with Crippen molar-refractivity contribution >= 4 is 5.91 Å². The second-order valence-electron chi connectivity index (χ2n) is 6.28. The number of rotatable bonds is 11. The molecule has 0 spiro atoms. The van der Waals surface area contributed by atoms with Crippen LogP contribution in [0.5, 0.6) is 11.5 Å². The molecule has 0 fully saturated rings. The van der Waals surface area contributed by atoms with E-state index in [4.69, 9.17) is 9.47 Å². The van der Waals surface area contributed by atoms with E-state index in [1.807, 2.05) is 48.5 Å². The number of para-hydroxylation sites is 1. The van der Waals surface area contributed by atoms with Crippen LogP contribution >= 0.6 is 0 Å². The van der Waals surface area contributed by atoms with Gasteiger partial charge in [0.05, 0.1) is 13.5 Å². The zero-order chi connectivity index (χ0) is 19.5. The highest BCUT2D eigenvalue weighted by atomic mass is 16.5. The van der Waals surface area contributed by atoms with Crippen LogP contribution in [0.25, 0.3) is 0 Å². The van der Waals surface area contributed by atoms with Crippen molar-refractivity contribution in [1.29, 1.82) is 0 Å². The molecule has 5 nitrogen and oxygen atoms in total. The highest BCUT2D eigenvalue weighted by Gasteiger charge is 2.08. The van der Waals surface area contributed by atoms with Crippen LogP contribution < -0.4 is 14.8 Å². The van der Waals surface area contributed by atoms with Crippen molar-refractivity contribution in [3.63, 3.8) is 0 Å². The van der Waals surface area contributed by atoms with E-state index in [9.17, 15) is 4.79 Å². The minimum Gasteiger partial charge on any atom is -0.497 e. The number of amides is 1. The van der Waals surface area contributed by atoms with Crippen LogP contribution in [0.3, 0.4) is 0 Å². The number of nitrogens with zero attached hydrogens (tertiary/aromatic N) is 1. The molecule has 27 heavy (non-hydrogen) atoms. The second kappa shape index (κ2) is 11.2. The monoisotopic (exact) mass is 370 g/mol. The van der Waals surface area contributed by atoms with Gasteiger partial charge >= 0.3 is 0 Å². The number of likely N-dealkylation sites (N-methyl/N-ethyl adjacent to an activating group) is 1. The number of carbonyl (C=O) groups is 1. The van der Waals surface area contributed by atoms with E-state index in [1.54, 1.807) is 7.11 Å². The smallest absolute Gasteiger partial charge is 0.224 e. The van der Waals surface area contributed by atoms with Crippen molar-refractivity contribution < 1.29 is 14.3 Å². The molecule has 0 aromatic heterocycles. The fourth-order valence-electron chi connectivity index (χ4n) is 2.80. The molecule has 0 saturated heterocycles. The van der Waals surface area contributed by atoms with E-state index >= 15 is 0 Å². The maximum absolute atomic E-state index is 12.2. The molecule has 5 heteroatoms. The Bertz CT molecular complexity index is 697. The lowest BCUT2D eigenvalue weighted by molar-refractivity contribution is -0.120. The molecule has 1 N–H and O–H groups in total. The first-order valence-corrected chi connectivity index (χ1v) is 9.49.